The van der Waals surface area contributed by atoms with Crippen LogP contribution >= 0.6 is 11.6 Å². The van der Waals surface area contributed by atoms with Gasteiger partial charge in [-0.25, -0.2) is 9.97 Å². The Kier molecular flexibility index (Phi) is 4.09. The van der Waals surface area contributed by atoms with Crippen LogP contribution in [0.4, 0.5) is 5.82 Å². The van der Waals surface area contributed by atoms with E-state index < -0.39 is 0 Å². The summed E-state index contributed by atoms with van der Waals surface area (Å²) in [5.74, 6) is 1.85. The summed E-state index contributed by atoms with van der Waals surface area (Å²) >= 11 is 6.05. The predicted octanol–water partition coefficient (Wildman–Crippen LogP) is 2.39. The van der Waals surface area contributed by atoms with Crippen LogP contribution in [-0.4, -0.2) is 20.1 Å². The van der Waals surface area contributed by atoms with Crippen molar-refractivity contribution in [1.82, 2.24) is 20.1 Å². The summed E-state index contributed by atoms with van der Waals surface area (Å²) in [5, 5.41) is 7.44. The predicted molar refractivity (Wildman–Crippen MR) is 67.4 cm³/mol. The van der Waals surface area contributed by atoms with Gasteiger partial charge in [-0.05, 0) is 6.42 Å². The second-order valence-electron chi connectivity index (χ2n) is 3.82. The zero-order valence-corrected chi connectivity index (χ0v) is 11.0. The molecule has 0 aliphatic heterocycles. The van der Waals surface area contributed by atoms with E-state index >= 15 is 0 Å². The Labute approximate surface area is 110 Å². The highest BCUT2D eigenvalue weighted by Gasteiger charge is 2.10. The van der Waals surface area contributed by atoms with Crippen molar-refractivity contribution in [3.05, 3.63) is 28.8 Å². The Morgan fingerprint density at radius 3 is 2.89 bits per heavy atom. The molecule has 18 heavy (non-hydrogen) atoms. The first-order chi connectivity index (χ1) is 8.70. The van der Waals surface area contributed by atoms with Crippen LogP contribution < -0.4 is 5.32 Å². The summed E-state index contributed by atoms with van der Waals surface area (Å²) in [6, 6.07) is 0. The van der Waals surface area contributed by atoms with Crippen LogP contribution in [-0.2, 0) is 13.0 Å². The van der Waals surface area contributed by atoms with Crippen LogP contribution in [0.5, 0.6) is 0 Å². The molecule has 6 nitrogen and oxygen atoms in total. The van der Waals surface area contributed by atoms with E-state index in [2.05, 4.69) is 32.3 Å². The molecular weight excluding hydrogens is 254 g/mol. The van der Waals surface area contributed by atoms with Gasteiger partial charge >= 0.3 is 0 Å². The van der Waals surface area contributed by atoms with E-state index in [4.69, 9.17) is 16.1 Å². The van der Waals surface area contributed by atoms with Crippen LogP contribution in [0.15, 0.2) is 10.9 Å². The fourth-order valence-corrected chi connectivity index (χ4v) is 1.82. The van der Waals surface area contributed by atoms with Gasteiger partial charge < -0.3 is 9.84 Å². The van der Waals surface area contributed by atoms with Crippen molar-refractivity contribution < 1.29 is 4.52 Å². The molecule has 0 unspecified atom stereocenters. The van der Waals surface area contributed by atoms with Crippen LogP contribution in [0, 0.1) is 6.92 Å². The van der Waals surface area contributed by atoms with Gasteiger partial charge in [0.1, 0.15) is 17.3 Å². The lowest BCUT2D eigenvalue weighted by Gasteiger charge is -2.09. The molecule has 0 radical (unpaired) electrons. The lowest BCUT2D eigenvalue weighted by Crippen LogP contribution is -2.07. The molecule has 0 saturated heterocycles. The fraction of sp³-hybridized carbons (Fsp3) is 0.455. The van der Waals surface area contributed by atoms with Crippen LogP contribution in [0.1, 0.15) is 30.6 Å². The van der Waals surface area contributed by atoms with Gasteiger partial charge in [-0.15, -0.1) is 0 Å². The summed E-state index contributed by atoms with van der Waals surface area (Å²) < 4.78 is 4.89. The number of aryl methyl sites for hydroxylation is 1. The highest BCUT2D eigenvalue weighted by atomic mass is 35.5. The SMILES string of the molecule is CCCc1c(Cl)ncnc1NCc1noc(C)n1. The number of rotatable bonds is 5. The third kappa shape index (κ3) is 2.95. The number of nitrogens with one attached hydrogen (secondary N) is 1. The van der Waals surface area contributed by atoms with E-state index in [0.717, 1.165) is 24.2 Å². The van der Waals surface area contributed by atoms with E-state index in [1.807, 2.05) is 0 Å². The number of nitrogens with zero attached hydrogens (tertiary/aromatic N) is 4. The Bertz CT molecular complexity index is 528. The van der Waals surface area contributed by atoms with E-state index in [1.165, 1.54) is 6.33 Å². The molecule has 0 aliphatic rings. The monoisotopic (exact) mass is 267 g/mol. The number of aromatic nitrogens is 4. The van der Waals surface area contributed by atoms with Gasteiger partial charge in [-0.2, -0.15) is 4.98 Å². The molecule has 2 aromatic heterocycles. The van der Waals surface area contributed by atoms with Gasteiger partial charge in [0, 0.05) is 12.5 Å². The minimum absolute atomic E-state index is 0.446. The summed E-state index contributed by atoms with van der Waals surface area (Å²) in [4.78, 5) is 12.3. The second-order valence-corrected chi connectivity index (χ2v) is 4.18. The lowest BCUT2D eigenvalue weighted by molar-refractivity contribution is 0.388. The molecular formula is C11H14ClN5O. The molecule has 0 bridgehead atoms. The average Bonchev–Trinajstić information content (AvgIpc) is 2.76. The maximum atomic E-state index is 6.05. The Morgan fingerprint density at radius 2 is 2.22 bits per heavy atom. The molecule has 2 heterocycles. The molecule has 0 saturated carbocycles. The Morgan fingerprint density at radius 1 is 1.39 bits per heavy atom. The molecule has 96 valence electrons. The Hall–Kier alpha value is -1.69. The molecule has 0 aliphatic carbocycles. The molecule has 0 atom stereocenters. The van der Waals surface area contributed by atoms with Crippen molar-refractivity contribution in [2.75, 3.05) is 5.32 Å². The summed E-state index contributed by atoms with van der Waals surface area (Å²) in [6.07, 6.45) is 3.24. The summed E-state index contributed by atoms with van der Waals surface area (Å²) in [7, 11) is 0. The number of hydrogen-bond acceptors (Lipinski definition) is 6. The average molecular weight is 268 g/mol. The quantitative estimate of drug-likeness (QED) is 0.838. The van der Waals surface area contributed by atoms with Gasteiger partial charge in [-0.3, -0.25) is 0 Å². The minimum atomic E-state index is 0.446. The zero-order valence-electron chi connectivity index (χ0n) is 10.3. The third-order valence-electron chi connectivity index (χ3n) is 2.38. The van der Waals surface area contributed by atoms with Crippen LogP contribution in [0.2, 0.25) is 5.15 Å². The normalized spacial score (nSPS) is 10.6. The van der Waals surface area contributed by atoms with Gasteiger partial charge in [-0.1, -0.05) is 30.1 Å². The van der Waals surface area contributed by atoms with Crippen molar-refractivity contribution in [3.63, 3.8) is 0 Å². The van der Waals surface area contributed by atoms with Crippen molar-refractivity contribution >= 4 is 17.4 Å². The van der Waals surface area contributed by atoms with Gasteiger partial charge in [0.25, 0.3) is 0 Å². The number of halogens is 1. The molecule has 1 N–H and O–H groups in total. The Balaban J connectivity index is 2.11. The second kappa shape index (κ2) is 5.77. The lowest BCUT2D eigenvalue weighted by atomic mass is 10.2. The highest BCUT2D eigenvalue weighted by Crippen LogP contribution is 2.21. The number of anilines is 1. The van der Waals surface area contributed by atoms with Crippen molar-refractivity contribution in [2.45, 2.75) is 33.2 Å². The smallest absolute Gasteiger partial charge is 0.223 e. The molecule has 0 amide bonds. The van der Waals surface area contributed by atoms with E-state index in [-0.39, 0.29) is 0 Å². The van der Waals surface area contributed by atoms with Crippen molar-refractivity contribution in [3.8, 4) is 0 Å². The highest BCUT2D eigenvalue weighted by molar-refractivity contribution is 6.30. The molecule has 2 rings (SSSR count). The number of hydrogen-bond donors (Lipinski definition) is 1. The van der Waals surface area contributed by atoms with Gasteiger partial charge in [0.15, 0.2) is 5.82 Å². The van der Waals surface area contributed by atoms with E-state index in [0.29, 0.717) is 23.4 Å². The fourth-order valence-electron chi connectivity index (χ4n) is 1.59. The first kappa shape index (κ1) is 12.8. The molecule has 2 aromatic rings. The topological polar surface area (TPSA) is 76.7 Å². The van der Waals surface area contributed by atoms with Gasteiger partial charge in [0.05, 0.1) is 6.54 Å². The van der Waals surface area contributed by atoms with Crippen LogP contribution in [0.25, 0.3) is 0 Å². The minimum Gasteiger partial charge on any atom is -0.362 e. The van der Waals surface area contributed by atoms with E-state index in [9.17, 15) is 0 Å². The molecule has 0 fully saturated rings. The van der Waals surface area contributed by atoms with Crippen molar-refractivity contribution in [2.24, 2.45) is 0 Å². The first-order valence-corrected chi connectivity index (χ1v) is 6.11. The third-order valence-corrected chi connectivity index (χ3v) is 2.70. The molecule has 7 heteroatoms. The van der Waals surface area contributed by atoms with Crippen LogP contribution in [0.3, 0.4) is 0 Å². The maximum Gasteiger partial charge on any atom is 0.223 e. The largest absolute Gasteiger partial charge is 0.362 e. The van der Waals surface area contributed by atoms with Crippen molar-refractivity contribution in [1.29, 1.82) is 0 Å². The maximum absolute atomic E-state index is 6.05. The summed E-state index contributed by atoms with van der Waals surface area (Å²) in [5.41, 5.74) is 0.918. The van der Waals surface area contributed by atoms with Gasteiger partial charge in [0.2, 0.25) is 5.89 Å². The standard InChI is InChI=1S/C11H14ClN5O/c1-3-4-8-10(12)14-6-15-11(8)13-5-9-16-7(2)18-17-9/h6H,3-5H2,1-2H3,(H,13,14,15). The molecule has 0 aromatic carbocycles. The molecule has 0 spiro atoms. The first-order valence-electron chi connectivity index (χ1n) is 5.73. The van der Waals surface area contributed by atoms with E-state index in [1.54, 1.807) is 6.92 Å². The zero-order chi connectivity index (χ0) is 13.0. The summed E-state index contributed by atoms with van der Waals surface area (Å²) in [6.45, 7) is 4.28.